The lowest BCUT2D eigenvalue weighted by molar-refractivity contribution is 0.177. The minimum absolute atomic E-state index is 0.764. The first-order valence-electron chi connectivity index (χ1n) is 7.99. The summed E-state index contributed by atoms with van der Waals surface area (Å²) in [6.45, 7) is 5.88. The lowest BCUT2D eigenvalue weighted by Gasteiger charge is -2.33. The first-order chi connectivity index (χ1) is 8.86. The van der Waals surface area contributed by atoms with Crippen LogP contribution in [0.3, 0.4) is 0 Å². The first kappa shape index (κ1) is 14.5. The molecule has 3 heteroatoms. The molecule has 0 aromatic heterocycles. The van der Waals surface area contributed by atoms with Gasteiger partial charge in [0.1, 0.15) is 0 Å². The Labute approximate surface area is 114 Å². The van der Waals surface area contributed by atoms with E-state index in [1.807, 2.05) is 0 Å². The molecule has 2 fully saturated rings. The van der Waals surface area contributed by atoms with Gasteiger partial charge in [-0.15, -0.1) is 0 Å². The third-order valence-electron chi connectivity index (χ3n) is 4.66. The van der Waals surface area contributed by atoms with Gasteiger partial charge in [-0.25, -0.2) is 0 Å². The van der Waals surface area contributed by atoms with Crippen LogP contribution in [0.5, 0.6) is 0 Å². The molecule has 2 nitrogen and oxygen atoms in total. The number of rotatable bonds is 7. The second-order valence-corrected chi connectivity index (χ2v) is 7.68. The molecule has 0 bridgehead atoms. The summed E-state index contributed by atoms with van der Waals surface area (Å²) in [7, 11) is -1.05. The molecule has 0 N–H and O–H groups in total. The third kappa shape index (κ3) is 3.58. The maximum atomic E-state index is 6.05. The fraction of sp³-hybridized carbons (Fsp3) is 1.00. The van der Waals surface area contributed by atoms with Crippen LogP contribution in [0.25, 0.3) is 0 Å². The molecule has 0 spiro atoms. The van der Waals surface area contributed by atoms with Gasteiger partial charge >= 0.3 is 9.28 Å². The molecule has 2 saturated carbocycles. The van der Waals surface area contributed by atoms with E-state index in [4.69, 9.17) is 8.85 Å². The normalized spacial score (nSPS) is 22.7. The molecular formula is C15H29O2Si. The Bertz CT molecular complexity index is 201. The van der Waals surface area contributed by atoms with Gasteiger partial charge in [0.25, 0.3) is 0 Å². The quantitative estimate of drug-likeness (QED) is 0.642. The molecule has 0 aliphatic heterocycles. The predicted octanol–water partition coefficient (Wildman–Crippen LogP) is 4.30. The molecule has 2 aliphatic carbocycles. The maximum absolute atomic E-state index is 6.05. The second-order valence-electron chi connectivity index (χ2n) is 5.80. The van der Waals surface area contributed by atoms with Gasteiger partial charge in [0.15, 0.2) is 0 Å². The lowest BCUT2D eigenvalue weighted by atomic mass is 9.91. The van der Waals surface area contributed by atoms with Crippen LogP contribution < -0.4 is 0 Å². The molecule has 1 radical (unpaired) electrons. The van der Waals surface area contributed by atoms with Gasteiger partial charge in [0.05, 0.1) is 0 Å². The summed E-state index contributed by atoms with van der Waals surface area (Å²) >= 11 is 0. The molecule has 0 saturated heterocycles. The molecule has 0 amide bonds. The Morgan fingerprint density at radius 3 is 1.56 bits per heavy atom. The van der Waals surface area contributed by atoms with Crippen LogP contribution in [0.15, 0.2) is 0 Å². The van der Waals surface area contributed by atoms with Crippen molar-refractivity contribution in [2.24, 2.45) is 11.8 Å². The van der Waals surface area contributed by atoms with Crippen molar-refractivity contribution in [1.82, 2.24) is 0 Å². The van der Waals surface area contributed by atoms with E-state index in [9.17, 15) is 0 Å². The topological polar surface area (TPSA) is 18.5 Å². The highest BCUT2D eigenvalue weighted by atomic mass is 28.3. The number of hydrogen-bond acceptors (Lipinski definition) is 2. The molecule has 0 aromatic carbocycles. The Kier molecular flexibility index (Phi) is 6.19. The summed E-state index contributed by atoms with van der Waals surface area (Å²) < 4.78 is 12.1. The first-order valence-corrected chi connectivity index (χ1v) is 9.38. The SMILES string of the molecule is CCO[Si](OCC)C(C1CCCC1)C1CCCC1. The number of hydrogen-bond donors (Lipinski definition) is 0. The van der Waals surface area contributed by atoms with Gasteiger partial charge in [-0.05, 0) is 25.7 Å². The second kappa shape index (κ2) is 7.66. The minimum Gasteiger partial charge on any atom is -0.393 e. The van der Waals surface area contributed by atoms with Crippen molar-refractivity contribution in [1.29, 1.82) is 0 Å². The third-order valence-corrected chi connectivity index (χ3v) is 7.29. The van der Waals surface area contributed by atoms with Crippen molar-refractivity contribution in [3.8, 4) is 0 Å². The Morgan fingerprint density at radius 1 is 0.833 bits per heavy atom. The average Bonchev–Trinajstić information content (AvgIpc) is 3.03. The van der Waals surface area contributed by atoms with E-state index >= 15 is 0 Å². The Hall–Kier alpha value is 0.137. The highest BCUT2D eigenvalue weighted by Crippen LogP contribution is 2.47. The smallest absolute Gasteiger partial charge is 0.388 e. The van der Waals surface area contributed by atoms with E-state index in [1.165, 1.54) is 51.4 Å². The van der Waals surface area contributed by atoms with Crippen molar-refractivity contribution in [3.63, 3.8) is 0 Å². The maximum Gasteiger partial charge on any atom is 0.388 e. The van der Waals surface area contributed by atoms with Crippen LogP contribution in [0.2, 0.25) is 5.54 Å². The van der Waals surface area contributed by atoms with Crippen molar-refractivity contribution >= 4 is 9.28 Å². The predicted molar refractivity (Wildman–Crippen MR) is 76.7 cm³/mol. The lowest BCUT2D eigenvalue weighted by Crippen LogP contribution is -2.36. The molecular weight excluding hydrogens is 240 g/mol. The fourth-order valence-corrected chi connectivity index (χ4v) is 6.40. The summed E-state index contributed by atoms with van der Waals surface area (Å²) in [5.74, 6) is 1.81. The monoisotopic (exact) mass is 269 g/mol. The van der Waals surface area contributed by atoms with E-state index in [1.54, 1.807) is 0 Å². The molecule has 18 heavy (non-hydrogen) atoms. The van der Waals surface area contributed by atoms with Gasteiger partial charge in [0, 0.05) is 18.8 Å². The van der Waals surface area contributed by atoms with E-state index in [2.05, 4.69) is 13.8 Å². The highest BCUT2D eigenvalue weighted by molar-refractivity contribution is 6.46. The largest absolute Gasteiger partial charge is 0.393 e. The van der Waals surface area contributed by atoms with Gasteiger partial charge in [-0.1, -0.05) is 51.4 Å². The zero-order valence-corrected chi connectivity index (χ0v) is 13.1. The summed E-state index contributed by atoms with van der Waals surface area (Å²) in [5.41, 5.74) is 0.764. The van der Waals surface area contributed by atoms with Crippen LogP contribution in [-0.2, 0) is 8.85 Å². The standard InChI is InChI=1S/C15H29O2Si/c1-3-16-18(17-4-2)15(13-9-5-6-10-13)14-11-7-8-12-14/h13-15H,3-12H2,1-2H3. The molecule has 2 rings (SSSR count). The zero-order chi connectivity index (χ0) is 12.8. The molecule has 0 atom stereocenters. The zero-order valence-electron chi connectivity index (χ0n) is 12.1. The molecule has 0 aromatic rings. The summed E-state index contributed by atoms with van der Waals surface area (Å²) in [5, 5.41) is 0. The van der Waals surface area contributed by atoms with Crippen molar-refractivity contribution < 1.29 is 8.85 Å². The van der Waals surface area contributed by atoms with E-state index in [-0.39, 0.29) is 0 Å². The van der Waals surface area contributed by atoms with Crippen LogP contribution in [0.4, 0.5) is 0 Å². The summed E-state index contributed by atoms with van der Waals surface area (Å²) in [4.78, 5) is 0. The van der Waals surface area contributed by atoms with Crippen LogP contribution in [0, 0.1) is 11.8 Å². The molecule has 105 valence electrons. The van der Waals surface area contributed by atoms with Crippen LogP contribution >= 0.6 is 0 Å². The minimum atomic E-state index is -1.05. The fourth-order valence-electron chi connectivity index (χ4n) is 3.92. The van der Waals surface area contributed by atoms with Gasteiger partial charge < -0.3 is 8.85 Å². The average molecular weight is 269 g/mol. The molecule has 0 unspecified atom stereocenters. The van der Waals surface area contributed by atoms with Gasteiger partial charge in [0.2, 0.25) is 0 Å². The van der Waals surface area contributed by atoms with E-state index < -0.39 is 9.28 Å². The van der Waals surface area contributed by atoms with Gasteiger partial charge in [-0.3, -0.25) is 0 Å². The van der Waals surface area contributed by atoms with Crippen LogP contribution in [-0.4, -0.2) is 22.5 Å². The van der Waals surface area contributed by atoms with E-state index in [0.717, 1.165) is 30.6 Å². The summed E-state index contributed by atoms with van der Waals surface area (Å²) in [6.07, 6.45) is 11.4. The van der Waals surface area contributed by atoms with Crippen molar-refractivity contribution in [2.75, 3.05) is 13.2 Å². The molecule has 0 heterocycles. The van der Waals surface area contributed by atoms with E-state index in [0.29, 0.717) is 0 Å². The van der Waals surface area contributed by atoms with Crippen molar-refractivity contribution in [3.05, 3.63) is 0 Å². The van der Waals surface area contributed by atoms with Crippen LogP contribution in [0.1, 0.15) is 65.2 Å². The highest BCUT2D eigenvalue weighted by Gasteiger charge is 2.42. The Morgan fingerprint density at radius 2 is 1.22 bits per heavy atom. The Balaban J connectivity index is 2.04. The summed E-state index contributed by atoms with van der Waals surface area (Å²) in [6, 6.07) is 0. The van der Waals surface area contributed by atoms with Crippen molar-refractivity contribution in [2.45, 2.75) is 70.8 Å². The molecule has 2 aliphatic rings. The van der Waals surface area contributed by atoms with Gasteiger partial charge in [-0.2, -0.15) is 0 Å².